The van der Waals surface area contributed by atoms with Crippen molar-refractivity contribution in [1.29, 1.82) is 0 Å². The molecule has 1 atom stereocenters. The summed E-state index contributed by atoms with van der Waals surface area (Å²) >= 11 is 0. The summed E-state index contributed by atoms with van der Waals surface area (Å²) in [5.74, 6) is -0.388. The minimum Gasteiger partial charge on any atom is -0.334 e. The first-order valence-electron chi connectivity index (χ1n) is 9.60. The molecule has 144 valence electrons. The number of piperidine rings is 1. The van der Waals surface area contributed by atoms with Gasteiger partial charge in [-0.1, -0.05) is 18.2 Å². The number of benzene rings is 1. The van der Waals surface area contributed by atoms with Crippen LogP contribution < -0.4 is 0 Å². The molecule has 1 fully saturated rings. The van der Waals surface area contributed by atoms with Crippen LogP contribution in [0.25, 0.3) is 11.1 Å². The molecule has 28 heavy (non-hydrogen) atoms. The largest absolute Gasteiger partial charge is 0.334 e. The molecule has 0 aliphatic carbocycles. The number of amides is 1. The van der Waals surface area contributed by atoms with E-state index in [1.165, 1.54) is 6.07 Å². The van der Waals surface area contributed by atoms with Gasteiger partial charge in [-0.2, -0.15) is 5.10 Å². The fourth-order valence-electron chi connectivity index (χ4n) is 3.93. The molecule has 5 nitrogen and oxygen atoms in total. The average molecular weight is 378 g/mol. The number of carbonyl (C=O) groups is 1. The Morgan fingerprint density at radius 3 is 2.75 bits per heavy atom. The average Bonchev–Trinajstić information content (AvgIpc) is 3.12. The molecule has 1 aliphatic heterocycles. The second-order valence-corrected chi connectivity index (χ2v) is 7.20. The summed E-state index contributed by atoms with van der Waals surface area (Å²) in [7, 11) is 1.89. The van der Waals surface area contributed by atoms with E-state index in [0.29, 0.717) is 12.1 Å². The van der Waals surface area contributed by atoms with Crippen molar-refractivity contribution in [2.75, 3.05) is 6.54 Å². The van der Waals surface area contributed by atoms with Crippen LogP contribution in [0.15, 0.2) is 55.0 Å². The number of nitrogens with zero attached hydrogens (tertiary/aromatic N) is 4. The Labute approximate surface area is 163 Å². The highest BCUT2D eigenvalue weighted by Gasteiger charge is 2.32. The Bertz CT molecular complexity index is 970. The third-order valence-electron chi connectivity index (χ3n) is 5.29. The van der Waals surface area contributed by atoms with Crippen LogP contribution in [0.3, 0.4) is 0 Å². The number of pyridine rings is 1. The van der Waals surface area contributed by atoms with E-state index in [-0.39, 0.29) is 24.2 Å². The van der Waals surface area contributed by atoms with E-state index in [4.69, 9.17) is 5.10 Å². The minimum absolute atomic E-state index is 0.0545. The van der Waals surface area contributed by atoms with Gasteiger partial charge in [0.25, 0.3) is 0 Å². The van der Waals surface area contributed by atoms with Crippen molar-refractivity contribution >= 4 is 5.91 Å². The van der Waals surface area contributed by atoms with Crippen molar-refractivity contribution in [3.8, 4) is 11.1 Å². The molecule has 1 saturated heterocycles. The van der Waals surface area contributed by atoms with Gasteiger partial charge in [0.05, 0.1) is 18.2 Å². The van der Waals surface area contributed by atoms with Gasteiger partial charge in [0.1, 0.15) is 5.82 Å². The van der Waals surface area contributed by atoms with Crippen LogP contribution in [-0.2, 0) is 18.3 Å². The molecule has 0 radical (unpaired) electrons. The zero-order valence-electron chi connectivity index (χ0n) is 15.9. The van der Waals surface area contributed by atoms with Crippen LogP contribution in [0.5, 0.6) is 0 Å². The topological polar surface area (TPSA) is 51.0 Å². The molecule has 0 spiro atoms. The van der Waals surface area contributed by atoms with Crippen molar-refractivity contribution in [3.05, 3.63) is 72.1 Å². The van der Waals surface area contributed by atoms with Gasteiger partial charge in [-0.15, -0.1) is 0 Å². The predicted octanol–water partition coefficient (Wildman–Crippen LogP) is 3.92. The monoisotopic (exact) mass is 378 g/mol. The molecule has 3 aromatic rings. The maximum Gasteiger partial charge on any atom is 0.227 e. The summed E-state index contributed by atoms with van der Waals surface area (Å²) in [5, 5.41) is 4.70. The molecule has 1 unspecified atom stereocenters. The third-order valence-corrected chi connectivity index (χ3v) is 5.29. The summed E-state index contributed by atoms with van der Waals surface area (Å²) in [6.45, 7) is 0.671. The molecular formula is C22H23FN4O. The lowest BCUT2D eigenvalue weighted by molar-refractivity contribution is -0.134. The Kier molecular flexibility index (Phi) is 5.19. The van der Waals surface area contributed by atoms with Crippen LogP contribution in [0.4, 0.5) is 4.39 Å². The summed E-state index contributed by atoms with van der Waals surface area (Å²) in [6.07, 6.45) is 8.43. The van der Waals surface area contributed by atoms with E-state index in [9.17, 15) is 9.18 Å². The van der Waals surface area contributed by atoms with Crippen LogP contribution in [0, 0.1) is 5.82 Å². The second kappa shape index (κ2) is 7.92. The van der Waals surface area contributed by atoms with Gasteiger partial charge in [0.2, 0.25) is 5.91 Å². The first-order valence-corrected chi connectivity index (χ1v) is 9.60. The number of carbonyl (C=O) groups excluding carboxylic acids is 1. The van der Waals surface area contributed by atoms with Crippen molar-refractivity contribution in [1.82, 2.24) is 19.7 Å². The highest BCUT2D eigenvalue weighted by Crippen LogP contribution is 2.36. The van der Waals surface area contributed by atoms with Crippen molar-refractivity contribution < 1.29 is 9.18 Å². The number of likely N-dealkylation sites (tertiary alicyclic amines) is 1. The van der Waals surface area contributed by atoms with Gasteiger partial charge in [0.15, 0.2) is 0 Å². The molecule has 1 aromatic carbocycles. The number of hydrogen-bond donors (Lipinski definition) is 0. The first kappa shape index (κ1) is 18.3. The summed E-state index contributed by atoms with van der Waals surface area (Å²) < 4.78 is 15.8. The Morgan fingerprint density at radius 2 is 1.96 bits per heavy atom. The highest BCUT2D eigenvalue weighted by atomic mass is 19.1. The van der Waals surface area contributed by atoms with E-state index >= 15 is 0 Å². The summed E-state index contributed by atoms with van der Waals surface area (Å²) in [5.41, 5.74) is 3.38. The molecule has 2 aromatic heterocycles. The quantitative estimate of drug-likeness (QED) is 0.691. The van der Waals surface area contributed by atoms with E-state index in [2.05, 4.69) is 4.98 Å². The number of aryl methyl sites for hydroxylation is 1. The first-order chi connectivity index (χ1) is 13.6. The normalized spacial score (nSPS) is 16.9. The van der Waals surface area contributed by atoms with E-state index in [1.54, 1.807) is 35.3 Å². The number of aromatic nitrogens is 3. The second-order valence-electron chi connectivity index (χ2n) is 7.20. The number of hydrogen-bond acceptors (Lipinski definition) is 3. The van der Waals surface area contributed by atoms with Crippen molar-refractivity contribution in [3.63, 3.8) is 0 Å². The minimum atomic E-state index is -0.334. The van der Waals surface area contributed by atoms with Gasteiger partial charge in [-0.05, 0) is 48.6 Å². The Hall–Kier alpha value is -3.02. The lowest BCUT2D eigenvalue weighted by atomic mass is 9.94. The molecule has 3 heterocycles. The third kappa shape index (κ3) is 3.67. The molecule has 0 bridgehead atoms. The predicted molar refractivity (Wildman–Crippen MR) is 105 cm³/mol. The van der Waals surface area contributed by atoms with Gasteiger partial charge < -0.3 is 4.90 Å². The van der Waals surface area contributed by atoms with Gasteiger partial charge in [-0.25, -0.2) is 4.39 Å². The lowest BCUT2D eigenvalue weighted by Crippen LogP contribution is -2.40. The number of halogens is 1. The van der Waals surface area contributed by atoms with E-state index in [1.807, 2.05) is 30.3 Å². The maximum atomic E-state index is 14.0. The molecular weight excluding hydrogens is 355 g/mol. The van der Waals surface area contributed by atoms with Crippen LogP contribution in [0.2, 0.25) is 0 Å². The fourth-order valence-corrected chi connectivity index (χ4v) is 3.93. The van der Waals surface area contributed by atoms with Crippen molar-refractivity contribution in [2.45, 2.75) is 31.7 Å². The van der Waals surface area contributed by atoms with E-state index in [0.717, 1.165) is 36.1 Å². The summed E-state index contributed by atoms with van der Waals surface area (Å²) in [4.78, 5) is 19.0. The van der Waals surface area contributed by atoms with Gasteiger partial charge in [-0.3, -0.25) is 14.5 Å². The lowest BCUT2D eigenvalue weighted by Gasteiger charge is -2.35. The zero-order valence-corrected chi connectivity index (χ0v) is 15.9. The Balaban J connectivity index is 1.65. The highest BCUT2D eigenvalue weighted by molar-refractivity contribution is 5.80. The maximum absolute atomic E-state index is 14.0. The molecule has 0 saturated carbocycles. The van der Waals surface area contributed by atoms with Crippen molar-refractivity contribution in [2.24, 2.45) is 7.05 Å². The SMILES string of the molecule is Cn1cc(-c2ccncc2)c(C2CCCCN2C(=O)Cc2ccccc2F)n1. The van der Waals surface area contributed by atoms with Gasteiger partial charge >= 0.3 is 0 Å². The number of rotatable bonds is 4. The summed E-state index contributed by atoms with van der Waals surface area (Å²) in [6, 6.07) is 10.3. The molecule has 6 heteroatoms. The standard InChI is InChI=1S/C22H23FN4O/c1-26-15-18(16-9-11-24-12-10-16)22(25-26)20-8-4-5-13-27(20)21(28)14-17-6-2-3-7-19(17)23/h2-3,6-7,9-12,15,20H,4-5,8,13-14H2,1H3. The van der Waals surface area contributed by atoms with Crippen LogP contribution in [0.1, 0.15) is 36.6 Å². The van der Waals surface area contributed by atoms with Gasteiger partial charge in [0, 0.05) is 37.7 Å². The van der Waals surface area contributed by atoms with Crippen LogP contribution >= 0.6 is 0 Å². The molecule has 0 N–H and O–H groups in total. The molecule has 1 amide bonds. The molecule has 4 rings (SSSR count). The van der Waals surface area contributed by atoms with E-state index < -0.39 is 0 Å². The zero-order chi connectivity index (χ0) is 19.5. The Morgan fingerprint density at radius 1 is 1.18 bits per heavy atom. The van der Waals surface area contributed by atoms with Crippen LogP contribution in [-0.4, -0.2) is 32.1 Å². The smallest absolute Gasteiger partial charge is 0.227 e. The molecule has 1 aliphatic rings. The fraction of sp³-hybridized carbons (Fsp3) is 0.318.